The van der Waals surface area contributed by atoms with E-state index in [2.05, 4.69) is 4.98 Å². The molecular weight excluding hydrogens is 240 g/mol. The molecule has 5 heteroatoms. The molecule has 0 spiro atoms. The van der Waals surface area contributed by atoms with Crippen molar-refractivity contribution >= 4 is 17.1 Å². The standard InChI is InChI=1S/C12H9ClN2O2/c1-16-9-4-5-15-8(6-9)7-14-12(15)10-2-3-11(13)17-10/h2-7H,1H3. The monoisotopic (exact) mass is 248 g/mol. The third-order valence-corrected chi connectivity index (χ3v) is 2.74. The molecule has 0 amide bonds. The van der Waals surface area contributed by atoms with Gasteiger partial charge in [0.1, 0.15) is 5.75 Å². The van der Waals surface area contributed by atoms with E-state index in [9.17, 15) is 0 Å². The number of furan rings is 1. The maximum absolute atomic E-state index is 5.75. The van der Waals surface area contributed by atoms with Crippen LogP contribution in [0.4, 0.5) is 0 Å². The van der Waals surface area contributed by atoms with Crippen molar-refractivity contribution in [2.24, 2.45) is 0 Å². The SMILES string of the molecule is COc1ccn2c(-c3ccc(Cl)o3)ncc2c1. The van der Waals surface area contributed by atoms with E-state index in [0.717, 1.165) is 17.1 Å². The van der Waals surface area contributed by atoms with Gasteiger partial charge in [0, 0.05) is 12.3 Å². The highest BCUT2D eigenvalue weighted by Crippen LogP contribution is 2.25. The van der Waals surface area contributed by atoms with Crippen molar-refractivity contribution in [3.05, 3.63) is 41.9 Å². The normalized spacial score (nSPS) is 10.9. The Kier molecular flexibility index (Phi) is 2.30. The number of ether oxygens (including phenoxy) is 1. The first-order chi connectivity index (χ1) is 8.28. The molecule has 3 rings (SSSR count). The lowest BCUT2D eigenvalue weighted by molar-refractivity contribution is 0.414. The predicted molar refractivity (Wildman–Crippen MR) is 64.5 cm³/mol. The molecule has 3 aromatic rings. The van der Waals surface area contributed by atoms with E-state index in [0.29, 0.717) is 11.0 Å². The molecule has 0 N–H and O–H groups in total. The Balaban J connectivity index is 2.18. The molecule has 0 radical (unpaired) electrons. The van der Waals surface area contributed by atoms with Crippen molar-refractivity contribution in [2.75, 3.05) is 7.11 Å². The largest absolute Gasteiger partial charge is 0.497 e. The van der Waals surface area contributed by atoms with Crippen LogP contribution in [0.1, 0.15) is 0 Å². The molecular formula is C12H9ClN2O2. The number of imidazole rings is 1. The Morgan fingerprint density at radius 2 is 2.24 bits per heavy atom. The summed E-state index contributed by atoms with van der Waals surface area (Å²) in [6.45, 7) is 0. The van der Waals surface area contributed by atoms with Crippen LogP contribution in [-0.2, 0) is 0 Å². The Morgan fingerprint density at radius 1 is 1.35 bits per heavy atom. The van der Waals surface area contributed by atoms with Crippen molar-refractivity contribution < 1.29 is 9.15 Å². The van der Waals surface area contributed by atoms with E-state index in [1.54, 1.807) is 25.4 Å². The minimum atomic E-state index is 0.352. The van der Waals surface area contributed by atoms with Gasteiger partial charge in [-0.3, -0.25) is 4.40 Å². The predicted octanol–water partition coefficient (Wildman–Crippen LogP) is 3.26. The van der Waals surface area contributed by atoms with Gasteiger partial charge in [-0.1, -0.05) is 0 Å². The van der Waals surface area contributed by atoms with Gasteiger partial charge >= 0.3 is 0 Å². The summed E-state index contributed by atoms with van der Waals surface area (Å²) in [7, 11) is 1.63. The fourth-order valence-electron chi connectivity index (χ4n) is 1.72. The molecule has 17 heavy (non-hydrogen) atoms. The molecule has 0 aliphatic rings. The second-order valence-electron chi connectivity index (χ2n) is 3.55. The van der Waals surface area contributed by atoms with Gasteiger partial charge in [-0.2, -0.15) is 0 Å². The lowest BCUT2D eigenvalue weighted by Gasteiger charge is -2.01. The van der Waals surface area contributed by atoms with Crippen LogP contribution in [0.2, 0.25) is 5.22 Å². The van der Waals surface area contributed by atoms with E-state index >= 15 is 0 Å². The van der Waals surface area contributed by atoms with Crippen LogP contribution >= 0.6 is 11.6 Å². The molecule has 4 nitrogen and oxygen atoms in total. The van der Waals surface area contributed by atoms with Gasteiger partial charge in [-0.05, 0) is 29.8 Å². The number of fused-ring (bicyclic) bond motifs is 1. The van der Waals surface area contributed by atoms with Gasteiger partial charge in [0.15, 0.2) is 16.8 Å². The second-order valence-corrected chi connectivity index (χ2v) is 3.92. The first kappa shape index (κ1) is 10.2. The summed E-state index contributed by atoms with van der Waals surface area (Å²) in [5.74, 6) is 2.15. The molecule has 0 unspecified atom stereocenters. The minimum Gasteiger partial charge on any atom is -0.497 e. The van der Waals surface area contributed by atoms with Crippen molar-refractivity contribution in [3.8, 4) is 17.3 Å². The van der Waals surface area contributed by atoms with Gasteiger partial charge in [-0.25, -0.2) is 4.98 Å². The zero-order chi connectivity index (χ0) is 11.8. The number of hydrogen-bond donors (Lipinski definition) is 0. The van der Waals surface area contributed by atoms with Crippen molar-refractivity contribution in [1.29, 1.82) is 0 Å². The zero-order valence-electron chi connectivity index (χ0n) is 9.05. The summed E-state index contributed by atoms with van der Waals surface area (Å²) < 4.78 is 12.4. The molecule has 0 aliphatic carbocycles. The highest BCUT2D eigenvalue weighted by molar-refractivity contribution is 6.28. The van der Waals surface area contributed by atoms with Crippen LogP contribution in [0.25, 0.3) is 17.1 Å². The minimum absolute atomic E-state index is 0.352. The van der Waals surface area contributed by atoms with Crippen molar-refractivity contribution in [1.82, 2.24) is 9.38 Å². The lowest BCUT2D eigenvalue weighted by atomic mass is 10.4. The maximum atomic E-state index is 5.75. The Labute approximate surface area is 102 Å². The van der Waals surface area contributed by atoms with Crippen LogP contribution < -0.4 is 4.74 Å². The summed E-state index contributed by atoms with van der Waals surface area (Å²) in [6, 6.07) is 7.26. The van der Waals surface area contributed by atoms with Gasteiger partial charge in [0.25, 0.3) is 0 Å². The summed E-state index contributed by atoms with van der Waals surface area (Å²) in [5, 5.41) is 0.352. The Hall–Kier alpha value is -1.94. The van der Waals surface area contributed by atoms with Gasteiger partial charge in [0.2, 0.25) is 0 Å². The molecule has 0 saturated carbocycles. The molecule has 86 valence electrons. The summed E-state index contributed by atoms with van der Waals surface area (Å²) in [6.07, 6.45) is 3.64. The molecule has 0 aliphatic heterocycles. The van der Waals surface area contributed by atoms with Gasteiger partial charge < -0.3 is 9.15 Å². The fourth-order valence-corrected chi connectivity index (χ4v) is 1.87. The maximum Gasteiger partial charge on any atom is 0.194 e. The average molecular weight is 249 g/mol. The Morgan fingerprint density at radius 3 is 2.94 bits per heavy atom. The molecule has 0 saturated heterocycles. The second kappa shape index (κ2) is 3.82. The number of methoxy groups -OCH3 is 1. The highest BCUT2D eigenvalue weighted by Gasteiger charge is 2.10. The number of aromatic nitrogens is 2. The summed E-state index contributed by atoms with van der Waals surface area (Å²) in [4.78, 5) is 4.31. The lowest BCUT2D eigenvalue weighted by Crippen LogP contribution is -1.89. The van der Waals surface area contributed by atoms with E-state index in [-0.39, 0.29) is 0 Å². The van der Waals surface area contributed by atoms with Crippen molar-refractivity contribution in [3.63, 3.8) is 0 Å². The fraction of sp³-hybridized carbons (Fsp3) is 0.0833. The third kappa shape index (κ3) is 1.66. The Bertz CT molecular complexity index is 672. The van der Waals surface area contributed by atoms with Crippen LogP contribution in [0.3, 0.4) is 0 Å². The van der Waals surface area contributed by atoms with Crippen LogP contribution in [0.15, 0.2) is 41.1 Å². The summed E-state index contributed by atoms with van der Waals surface area (Å²) >= 11 is 5.75. The number of halogens is 1. The van der Waals surface area contributed by atoms with Gasteiger partial charge in [0.05, 0.1) is 18.8 Å². The number of hydrogen-bond acceptors (Lipinski definition) is 3. The average Bonchev–Trinajstić information content (AvgIpc) is 2.93. The number of pyridine rings is 1. The topological polar surface area (TPSA) is 39.7 Å². The van der Waals surface area contributed by atoms with Gasteiger partial charge in [-0.15, -0.1) is 0 Å². The molecule has 0 atom stereocenters. The van der Waals surface area contributed by atoms with Crippen LogP contribution in [0, 0.1) is 0 Å². The molecule has 0 fully saturated rings. The number of rotatable bonds is 2. The van der Waals surface area contributed by atoms with E-state index in [1.165, 1.54) is 0 Å². The smallest absolute Gasteiger partial charge is 0.194 e. The molecule has 0 aromatic carbocycles. The summed E-state index contributed by atoms with van der Waals surface area (Å²) in [5.41, 5.74) is 0.937. The van der Waals surface area contributed by atoms with Crippen LogP contribution in [0.5, 0.6) is 5.75 Å². The quantitative estimate of drug-likeness (QED) is 0.699. The van der Waals surface area contributed by atoms with E-state index in [1.807, 2.05) is 22.7 Å². The van der Waals surface area contributed by atoms with Crippen molar-refractivity contribution in [2.45, 2.75) is 0 Å². The van der Waals surface area contributed by atoms with Crippen LogP contribution in [-0.4, -0.2) is 16.5 Å². The van der Waals surface area contributed by atoms with E-state index < -0.39 is 0 Å². The molecule has 3 aromatic heterocycles. The highest BCUT2D eigenvalue weighted by atomic mass is 35.5. The third-order valence-electron chi connectivity index (χ3n) is 2.53. The first-order valence-electron chi connectivity index (χ1n) is 5.05. The zero-order valence-corrected chi connectivity index (χ0v) is 9.81. The molecule has 3 heterocycles. The van der Waals surface area contributed by atoms with E-state index in [4.69, 9.17) is 20.8 Å². The first-order valence-corrected chi connectivity index (χ1v) is 5.42. The number of nitrogens with zero attached hydrogens (tertiary/aromatic N) is 2. The molecule has 0 bridgehead atoms.